The molecule has 0 heterocycles. The zero-order valence-electron chi connectivity index (χ0n) is 15.4. The molecule has 1 spiro atoms. The van der Waals surface area contributed by atoms with Crippen LogP contribution in [0, 0.1) is 52.3 Å². The van der Waals surface area contributed by atoms with Crippen molar-refractivity contribution in [3.8, 4) is 0 Å². The van der Waals surface area contributed by atoms with E-state index >= 15 is 0 Å². The molecule has 5 rings (SSSR count). The quantitative estimate of drug-likeness (QED) is 0.782. The fourth-order valence-electron chi connectivity index (χ4n) is 8.85. The molecule has 0 unspecified atom stereocenters. The molecule has 2 nitrogen and oxygen atoms in total. The van der Waals surface area contributed by atoms with Crippen LogP contribution in [0.4, 0.5) is 0 Å². The van der Waals surface area contributed by atoms with Gasteiger partial charge in [-0.25, -0.2) is 0 Å². The van der Waals surface area contributed by atoms with Gasteiger partial charge in [-0.2, -0.15) is 0 Å². The third kappa shape index (κ3) is 1.60. The SMILES string of the molecule is C[C@H]1[C@H]2C[C@]23[C@H]2[C@H](CC[C@]3(C)[C@@H]1CO)[C@H]1CCC(=O)C=C1C[C@H]2C. The fraction of sp³-hybridized carbons (Fsp3) is 0.864. The summed E-state index contributed by atoms with van der Waals surface area (Å²) in [6, 6.07) is 0. The van der Waals surface area contributed by atoms with E-state index in [0.29, 0.717) is 46.9 Å². The zero-order valence-corrected chi connectivity index (χ0v) is 15.4. The van der Waals surface area contributed by atoms with Gasteiger partial charge in [0.05, 0.1) is 0 Å². The molecule has 5 aliphatic carbocycles. The van der Waals surface area contributed by atoms with E-state index in [1.807, 2.05) is 6.08 Å². The van der Waals surface area contributed by atoms with Crippen molar-refractivity contribution in [1.29, 1.82) is 0 Å². The molecule has 0 aromatic rings. The standard InChI is InChI=1S/C22H32O2/c1-12-8-14-9-15(24)4-5-16(14)17-6-7-21(3)19(11-23)13(2)18-10-22(18,21)20(12)17/h9,12-13,16-20,23H,4-8,10-11H2,1-3H3/t12-,13+,16+,17-,18-,19-,20-,21-,22-/m1/s1. The van der Waals surface area contributed by atoms with Gasteiger partial charge in [0.2, 0.25) is 0 Å². The molecule has 0 bridgehead atoms. The second kappa shape index (κ2) is 4.75. The number of rotatable bonds is 1. The molecular formula is C22H32O2. The minimum atomic E-state index is 0.354. The number of hydrogen-bond donors (Lipinski definition) is 1. The molecule has 4 fully saturated rings. The van der Waals surface area contributed by atoms with E-state index in [-0.39, 0.29) is 0 Å². The number of hydrogen-bond acceptors (Lipinski definition) is 2. The first kappa shape index (κ1) is 15.6. The fourth-order valence-corrected chi connectivity index (χ4v) is 8.85. The van der Waals surface area contributed by atoms with Gasteiger partial charge in [-0.3, -0.25) is 4.79 Å². The van der Waals surface area contributed by atoms with Crippen LogP contribution in [-0.4, -0.2) is 17.5 Å². The second-order valence-corrected chi connectivity index (χ2v) is 10.2. The van der Waals surface area contributed by atoms with Gasteiger partial charge in [0, 0.05) is 13.0 Å². The number of carbonyl (C=O) groups excluding carboxylic acids is 1. The van der Waals surface area contributed by atoms with Gasteiger partial charge in [-0.15, -0.1) is 0 Å². The van der Waals surface area contributed by atoms with Gasteiger partial charge < -0.3 is 5.11 Å². The van der Waals surface area contributed by atoms with E-state index in [0.717, 1.165) is 37.0 Å². The molecule has 0 radical (unpaired) electrons. The van der Waals surface area contributed by atoms with Crippen molar-refractivity contribution in [2.24, 2.45) is 52.3 Å². The number of aliphatic hydroxyl groups is 1. The molecule has 2 heteroatoms. The predicted octanol–water partition coefficient (Wildman–Crippen LogP) is 4.23. The van der Waals surface area contributed by atoms with Gasteiger partial charge in [0.15, 0.2) is 5.78 Å². The molecule has 9 atom stereocenters. The Labute approximate surface area is 146 Å². The van der Waals surface area contributed by atoms with Gasteiger partial charge in [0.25, 0.3) is 0 Å². The molecule has 132 valence electrons. The molecule has 0 aliphatic heterocycles. The second-order valence-electron chi connectivity index (χ2n) is 10.2. The van der Waals surface area contributed by atoms with E-state index < -0.39 is 0 Å². The lowest BCUT2D eigenvalue weighted by atomic mass is 9.46. The third-order valence-electron chi connectivity index (χ3n) is 9.67. The molecule has 24 heavy (non-hydrogen) atoms. The molecular weight excluding hydrogens is 296 g/mol. The van der Waals surface area contributed by atoms with Crippen LogP contribution >= 0.6 is 0 Å². The molecule has 4 saturated carbocycles. The van der Waals surface area contributed by atoms with Crippen LogP contribution in [0.1, 0.15) is 59.3 Å². The number of allylic oxidation sites excluding steroid dienone is 1. The molecule has 0 amide bonds. The van der Waals surface area contributed by atoms with Crippen LogP contribution in [0.3, 0.4) is 0 Å². The van der Waals surface area contributed by atoms with Crippen molar-refractivity contribution in [2.45, 2.75) is 59.3 Å². The van der Waals surface area contributed by atoms with Gasteiger partial charge >= 0.3 is 0 Å². The Morgan fingerprint density at radius 2 is 2.08 bits per heavy atom. The van der Waals surface area contributed by atoms with Crippen LogP contribution in [0.25, 0.3) is 0 Å². The molecule has 1 N–H and O–H groups in total. The largest absolute Gasteiger partial charge is 0.396 e. The van der Waals surface area contributed by atoms with E-state index in [4.69, 9.17) is 0 Å². The Bertz CT molecular complexity index is 621. The number of ketones is 1. The number of aliphatic hydroxyl groups excluding tert-OH is 1. The molecule has 5 aliphatic rings. The lowest BCUT2D eigenvalue weighted by Gasteiger charge is -2.58. The summed E-state index contributed by atoms with van der Waals surface area (Å²) in [4.78, 5) is 11.9. The van der Waals surface area contributed by atoms with Crippen LogP contribution < -0.4 is 0 Å². The average Bonchev–Trinajstić information content (AvgIpc) is 3.23. The first-order valence-electron chi connectivity index (χ1n) is 10.3. The summed E-state index contributed by atoms with van der Waals surface area (Å²) in [5.74, 6) is 5.44. The first-order valence-corrected chi connectivity index (χ1v) is 10.3. The normalized spacial score (nSPS) is 58.2. The molecule has 0 aromatic heterocycles. The van der Waals surface area contributed by atoms with Crippen molar-refractivity contribution in [2.75, 3.05) is 6.61 Å². The third-order valence-corrected chi connectivity index (χ3v) is 9.67. The summed E-state index contributed by atoms with van der Waals surface area (Å²) in [6.45, 7) is 7.78. The van der Waals surface area contributed by atoms with Gasteiger partial charge in [-0.05, 0) is 90.4 Å². The van der Waals surface area contributed by atoms with Crippen LogP contribution in [0.5, 0.6) is 0 Å². The summed E-state index contributed by atoms with van der Waals surface area (Å²) in [6.07, 6.45) is 9.08. The van der Waals surface area contributed by atoms with Gasteiger partial charge in [-0.1, -0.05) is 26.3 Å². The highest BCUT2D eigenvalue weighted by molar-refractivity contribution is 5.91. The number of carbonyl (C=O) groups is 1. The average molecular weight is 328 g/mol. The lowest BCUT2D eigenvalue weighted by molar-refractivity contribution is -0.117. The highest BCUT2D eigenvalue weighted by atomic mass is 16.3. The monoisotopic (exact) mass is 328 g/mol. The van der Waals surface area contributed by atoms with Crippen molar-refractivity contribution in [3.05, 3.63) is 11.6 Å². The van der Waals surface area contributed by atoms with Crippen LogP contribution in [-0.2, 0) is 4.79 Å². The summed E-state index contributed by atoms with van der Waals surface area (Å²) in [5, 5.41) is 10.1. The number of fused-ring (bicyclic) bond motifs is 3. The Balaban J connectivity index is 1.56. The van der Waals surface area contributed by atoms with Crippen molar-refractivity contribution in [3.63, 3.8) is 0 Å². The predicted molar refractivity (Wildman–Crippen MR) is 94.2 cm³/mol. The summed E-state index contributed by atoms with van der Waals surface area (Å²) >= 11 is 0. The van der Waals surface area contributed by atoms with E-state index in [1.165, 1.54) is 24.8 Å². The maximum atomic E-state index is 11.9. The zero-order chi connectivity index (χ0) is 16.9. The Morgan fingerprint density at radius 1 is 1.29 bits per heavy atom. The van der Waals surface area contributed by atoms with E-state index in [1.54, 1.807) is 0 Å². The van der Waals surface area contributed by atoms with E-state index in [2.05, 4.69) is 20.8 Å². The maximum Gasteiger partial charge on any atom is 0.155 e. The first-order chi connectivity index (χ1) is 11.4. The Morgan fingerprint density at radius 3 is 2.83 bits per heavy atom. The maximum absolute atomic E-state index is 11.9. The summed E-state index contributed by atoms with van der Waals surface area (Å²) in [5.41, 5.74) is 2.35. The Hall–Kier alpha value is -0.630. The molecule has 0 aromatic carbocycles. The smallest absolute Gasteiger partial charge is 0.155 e. The van der Waals surface area contributed by atoms with E-state index in [9.17, 15) is 9.90 Å². The highest BCUT2D eigenvalue weighted by Crippen LogP contribution is 2.84. The molecule has 0 saturated heterocycles. The van der Waals surface area contributed by atoms with Crippen molar-refractivity contribution in [1.82, 2.24) is 0 Å². The highest BCUT2D eigenvalue weighted by Gasteiger charge is 2.79. The topological polar surface area (TPSA) is 37.3 Å². The minimum Gasteiger partial charge on any atom is -0.396 e. The van der Waals surface area contributed by atoms with Crippen LogP contribution in [0.15, 0.2) is 11.6 Å². The summed E-state index contributed by atoms with van der Waals surface area (Å²) in [7, 11) is 0. The van der Waals surface area contributed by atoms with Gasteiger partial charge in [0.1, 0.15) is 0 Å². The van der Waals surface area contributed by atoms with Crippen molar-refractivity contribution < 1.29 is 9.90 Å². The lowest BCUT2D eigenvalue weighted by Crippen LogP contribution is -2.52. The van der Waals surface area contributed by atoms with Crippen LogP contribution in [0.2, 0.25) is 0 Å². The Kier molecular flexibility index (Phi) is 3.09. The minimum absolute atomic E-state index is 0.354. The van der Waals surface area contributed by atoms with Crippen molar-refractivity contribution >= 4 is 5.78 Å². The summed E-state index contributed by atoms with van der Waals surface area (Å²) < 4.78 is 0.